The van der Waals surface area contributed by atoms with Gasteiger partial charge in [0.2, 0.25) is 11.5 Å². The van der Waals surface area contributed by atoms with E-state index >= 15 is 0 Å². The molecule has 4 aromatic rings. The highest BCUT2D eigenvalue weighted by Crippen LogP contribution is 2.51. The molecule has 2 N–H and O–H groups in total. The first kappa shape index (κ1) is 43.8. The number of hydrogen-bond donors (Lipinski definition) is 2. The molecule has 0 radical (unpaired) electrons. The second kappa shape index (κ2) is 20.4. The van der Waals surface area contributed by atoms with Crippen LogP contribution in [0.1, 0.15) is 67.4 Å². The van der Waals surface area contributed by atoms with E-state index in [1.54, 1.807) is 54.8 Å². The molecule has 57 heavy (non-hydrogen) atoms. The second-order valence-corrected chi connectivity index (χ2v) is 15.3. The Morgan fingerprint density at radius 2 is 1.00 bits per heavy atom. The zero-order chi connectivity index (χ0) is 41.2. The maximum Gasteiger partial charge on any atom is 0.203 e. The Hall–Kier alpha value is -4.36. The number of nitrogens with one attached hydrogen (secondary N) is 2. The van der Waals surface area contributed by atoms with Crippen LogP contribution in [0.15, 0.2) is 67.9 Å². The minimum Gasteiger partial charge on any atom is -0.493 e. The van der Waals surface area contributed by atoms with Gasteiger partial charge in [-0.25, -0.2) is 0 Å². The van der Waals surface area contributed by atoms with Crippen LogP contribution in [0.3, 0.4) is 0 Å². The predicted molar refractivity (Wildman–Crippen MR) is 233 cm³/mol. The average molecular weight is 817 g/mol. The fraction of sp³-hybridized carbons (Fsp3) is 0.422. The summed E-state index contributed by atoms with van der Waals surface area (Å²) in [6.07, 6.45) is 8.33. The quantitative estimate of drug-likeness (QED) is 0.126. The van der Waals surface area contributed by atoms with Gasteiger partial charge in [-0.2, -0.15) is 0 Å². The van der Waals surface area contributed by atoms with Gasteiger partial charge in [0.15, 0.2) is 33.9 Å². The van der Waals surface area contributed by atoms with Crippen molar-refractivity contribution in [1.82, 2.24) is 10.6 Å². The van der Waals surface area contributed by atoms with Crippen LogP contribution in [-0.4, -0.2) is 68.3 Å². The van der Waals surface area contributed by atoms with Crippen molar-refractivity contribution in [2.75, 3.05) is 68.3 Å². The van der Waals surface area contributed by atoms with E-state index in [4.69, 9.17) is 28.4 Å². The molecule has 2 aliphatic carbocycles. The summed E-state index contributed by atoms with van der Waals surface area (Å²) in [6, 6.07) is 15.7. The van der Waals surface area contributed by atoms with Crippen LogP contribution in [0.2, 0.25) is 0 Å². The van der Waals surface area contributed by atoms with Crippen molar-refractivity contribution < 1.29 is 28.4 Å². The molecule has 0 unspecified atom stereocenters. The van der Waals surface area contributed by atoms with Crippen LogP contribution >= 0.6 is 23.5 Å². The van der Waals surface area contributed by atoms with E-state index in [0.29, 0.717) is 34.5 Å². The number of thioether (sulfide) groups is 2. The monoisotopic (exact) mass is 816 g/mol. The number of benzene rings is 2. The third kappa shape index (κ3) is 9.04. The molecule has 12 heteroatoms. The first-order valence-electron chi connectivity index (χ1n) is 19.2. The number of hydrogen-bond acceptors (Lipinski definition) is 12. The maximum absolute atomic E-state index is 12.8. The van der Waals surface area contributed by atoms with Crippen molar-refractivity contribution >= 4 is 23.5 Å². The number of fused-ring (bicyclic) bond motifs is 6. The van der Waals surface area contributed by atoms with Gasteiger partial charge in [-0.05, 0) is 127 Å². The summed E-state index contributed by atoms with van der Waals surface area (Å²) in [4.78, 5) is 27.0. The molecule has 2 atom stereocenters. The number of methoxy groups -OCH3 is 6. The van der Waals surface area contributed by atoms with Gasteiger partial charge in [-0.1, -0.05) is 26.0 Å². The van der Waals surface area contributed by atoms with Gasteiger partial charge in [-0.3, -0.25) is 9.59 Å². The summed E-state index contributed by atoms with van der Waals surface area (Å²) in [6.45, 7) is 5.95. The van der Waals surface area contributed by atoms with Crippen molar-refractivity contribution in [2.45, 2.75) is 67.8 Å². The van der Waals surface area contributed by atoms with E-state index < -0.39 is 0 Å². The molecule has 0 amide bonds. The van der Waals surface area contributed by atoms with Crippen LogP contribution in [-0.2, 0) is 12.8 Å². The zero-order valence-corrected chi connectivity index (χ0v) is 36.4. The number of ether oxygens (including phenoxy) is 6. The summed E-state index contributed by atoms with van der Waals surface area (Å²) < 4.78 is 34.0. The van der Waals surface area contributed by atoms with Gasteiger partial charge >= 0.3 is 0 Å². The van der Waals surface area contributed by atoms with Crippen LogP contribution in [0.25, 0.3) is 22.3 Å². The van der Waals surface area contributed by atoms with Gasteiger partial charge < -0.3 is 39.1 Å². The Bertz CT molecular complexity index is 2180. The van der Waals surface area contributed by atoms with E-state index in [1.165, 1.54) is 23.5 Å². The number of aryl methyl sites for hydroxylation is 2. The Kier molecular flexibility index (Phi) is 15.6. The fourth-order valence-corrected chi connectivity index (χ4v) is 8.85. The molecular formula is C45H56N2O8S2. The molecule has 0 bridgehead atoms. The van der Waals surface area contributed by atoms with Crippen LogP contribution in [0.4, 0.5) is 0 Å². The van der Waals surface area contributed by atoms with E-state index in [9.17, 15) is 9.59 Å². The zero-order valence-electron chi connectivity index (χ0n) is 34.8. The largest absolute Gasteiger partial charge is 0.493 e. The number of rotatable bonds is 13. The normalized spacial score (nSPS) is 15.2. The predicted octanol–water partition coefficient (Wildman–Crippen LogP) is 8.51. The highest BCUT2D eigenvalue weighted by molar-refractivity contribution is 7.98. The van der Waals surface area contributed by atoms with E-state index in [1.807, 2.05) is 48.9 Å². The summed E-state index contributed by atoms with van der Waals surface area (Å²) >= 11 is 2.93. The molecule has 0 saturated heterocycles. The van der Waals surface area contributed by atoms with E-state index in [-0.39, 0.29) is 22.9 Å². The van der Waals surface area contributed by atoms with Crippen molar-refractivity contribution in [3.63, 3.8) is 0 Å². The lowest BCUT2D eigenvalue weighted by molar-refractivity contribution is 0.324. The summed E-state index contributed by atoms with van der Waals surface area (Å²) in [5, 5.41) is 7.17. The van der Waals surface area contributed by atoms with Crippen molar-refractivity contribution in [2.24, 2.45) is 0 Å². The van der Waals surface area contributed by atoms with Gasteiger partial charge in [-0.15, -0.1) is 23.5 Å². The smallest absolute Gasteiger partial charge is 0.203 e. The lowest BCUT2D eigenvalue weighted by Gasteiger charge is -2.20. The van der Waals surface area contributed by atoms with Gasteiger partial charge in [0.1, 0.15) is 0 Å². The fourth-order valence-electron chi connectivity index (χ4n) is 7.92. The first-order valence-corrected chi connectivity index (χ1v) is 21.7. The van der Waals surface area contributed by atoms with Crippen LogP contribution < -0.4 is 49.9 Å². The molecule has 0 fully saturated rings. The molecule has 0 aromatic heterocycles. The highest BCUT2D eigenvalue weighted by Gasteiger charge is 2.30. The summed E-state index contributed by atoms with van der Waals surface area (Å²) in [5.74, 6) is 3.72. The lowest BCUT2D eigenvalue weighted by Crippen LogP contribution is -2.23. The SMILES string of the molecule is CCCN[C@H]1CCc2cc(OC)c(OC)c(OC)c2-c2ccc(SC)c(=O)cc21.CCN[C@H]1CCc2cc(OC)c(OC)c(OC)c2-c2ccc(SC)c(=O)cc21. The average Bonchev–Trinajstić information content (AvgIpc) is 3.63. The molecule has 0 spiro atoms. The molecule has 0 aliphatic heterocycles. The van der Waals surface area contributed by atoms with Gasteiger partial charge in [0.05, 0.1) is 52.4 Å². The van der Waals surface area contributed by atoms with Gasteiger partial charge in [0.25, 0.3) is 0 Å². The van der Waals surface area contributed by atoms with Crippen LogP contribution in [0, 0.1) is 0 Å². The van der Waals surface area contributed by atoms with Crippen molar-refractivity contribution in [1.29, 1.82) is 0 Å². The summed E-state index contributed by atoms with van der Waals surface area (Å²) in [7, 11) is 9.77. The van der Waals surface area contributed by atoms with Gasteiger partial charge in [0, 0.05) is 23.2 Å². The Labute approximate surface area is 345 Å². The molecule has 10 nitrogen and oxygen atoms in total. The van der Waals surface area contributed by atoms with E-state index in [2.05, 4.69) is 24.5 Å². The maximum atomic E-state index is 12.8. The topological polar surface area (TPSA) is 114 Å². The molecule has 4 aromatic carbocycles. The highest BCUT2D eigenvalue weighted by atomic mass is 32.2. The molecule has 0 saturated carbocycles. The third-order valence-corrected chi connectivity index (χ3v) is 12.1. The molecule has 0 heterocycles. The lowest BCUT2D eigenvalue weighted by atomic mass is 9.95. The Balaban J connectivity index is 0.000000218. The Morgan fingerprint density at radius 3 is 1.35 bits per heavy atom. The van der Waals surface area contributed by atoms with Crippen molar-refractivity contribution in [3.05, 3.63) is 91.2 Å². The standard InChI is InChI=1S/C23H29NO4S.C22H27NO4S/c1-6-11-24-17-9-7-14-12-19(26-2)22(27-3)23(28-4)21(14)15-8-10-20(29-5)18(25)13-16(15)17;1-6-23-16-9-7-13-11-18(25-2)21(26-3)22(27-4)20(13)14-8-10-19(28-5)17(24)12-15(14)16/h8,10,12-13,17,24H,6-7,9,11H2,1-5H3;8,10-12,16,23H,6-7,9H2,1-5H3/t17-;16-/m00/s1. The minimum atomic E-state index is 0.0412. The molecule has 306 valence electrons. The molecular weight excluding hydrogens is 761 g/mol. The summed E-state index contributed by atoms with van der Waals surface area (Å²) in [5.41, 5.74) is 8.29. The minimum absolute atomic E-state index is 0.0412. The van der Waals surface area contributed by atoms with Crippen molar-refractivity contribution in [3.8, 4) is 56.8 Å². The van der Waals surface area contributed by atoms with Crippen LogP contribution in [0.5, 0.6) is 34.5 Å². The second-order valence-electron chi connectivity index (χ2n) is 13.6. The third-order valence-electron chi connectivity index (χ3n) is 10.5. The Morgan fingerprint density at radius 1 is 0.579 bits per heavy atom. The van der Waals surface area contributed by atoms with E-state index in [0.717, 1.165) is 99.5 Å². The molecule has 6 rings (SSSR count). The molecule has 2 aliphatic rings. The first-order chi connectivity index (χ1) is 27.7.